The van der Waals surface area contributed by atoms with Crippen molar-refractivity contribution in [3.05, 3.63) is 0 Å². The first-order valence-electron chi connectivity index (χ1n) is 30.1. The maximum atomic E-state index is 12.7. The Bertz CT molecular complexity index is 1050. The molecule has 7 heteroatoms. The molecule has 0 aliphatic heterocycles. The van der Waals surface area contributed by atoms with Crippen LogP contribution >= 0.6 is 0 Å². The van der Waals surface area contributed by atoms with Gasteiger partial charge in [0.2, 0.25) is 5.91 Å². The zero-order chi connectivity index (χ0) is 49.1. The summed E-state index contributed by atoms with van der Waals surface area (Å²) in [5.74, 6) is 1.26. The van der Waals surface area contributed by atoms with E-state index in [1.807, 2.05) is 0 Å². The van der Waals surface area contributed by atoms with Gasteiger partial charge < -0.3 is 19.7 Å². The molecule has 0 aromatic heterocycles. The Morgan fingerprint density at radius 2 is 0.657 bits per heavy atom. The normalized spacial score (nSPS) is 12.9. The molecule has 0 aliphatic carbocycles. The van der Waals surface area contributed by atoms with Gasteiger partial charge in [-0.3, -0.25) is 14.4 Å². The zero-order valence-corrected chi connectivity index (χ0v) is 46.2. The van der Waals surface area contributed by atoms with Gasteiger partial charge in [-0.25, -0.2) is 0 Å². The molecule has 0 aliphatic rings. The van der Waals surface area contributed by atoms with E-state index in [4.69, 9.17) is 9.47 Å². The molecule has 3 unspecified atom stereocenters. The molecule has 0 rings (SSSR count). The second-order valence-electron chi connectivity index (χ2n) is 21.0. The molecule has 0 radical (unpaired) electrons. The molecular formula is C60H118N2O5. The van der Waals surface area contributed by atoms with Gasteiger partial charge in [0, 0.05) is 32.4 Å². The van der Waals surface area contributed by atoms with E-state index < -0.39 is 0 Å². The molecule has 0 fully saturated rings. The number of amides is 1. The predicted molar refractivity (Wildman–Crippen MR) is 290 cm³/mol. The highest BCUT2D eigenvalue weighted by Gasteiger charge is 2.19. The monoisotopic (exact) mass is 947 g/mol. The lowest BCUT2D eigenvalue weighted by Crippen LogP contribution is -2.37. The maximum absolute atomic E-state index is 12.7. The van der Waals surface area contributed by atoms with Gasteiger partial charge in [0.1, 0.15) is 0 Å². The van der Waals surface area contributed by atoms with Crippen LogP contribution in [0.1, 0.15) is 317 Å². The fourth-order valence-corrected chi connectivity index (χ4v) is 9.96. The van der Waals surface area contributed by atoms with Crippen molar-refractivity contribution >= 4 is 17.8 Å². The number of nitrogens with one attached hydrogen (secondary N) is 1. The fourth-order valence-electron chi connectivity index (χ4n) is 9.96. The van der Waals surface area contributed by atoms with Crippen LogP contribution in [0.5, 0.6) is 0 Å². The third kappa shape index (κ3) is 45.3. The Kier molecular flexibility index (Phi) is 50.9. The number of esters is 2. The first-order valence-corrected chi connectivity index (χ1v) is 30.1. The average molecular weight is 948 g/mol. The van der Waals surface area contributed by atoms with Crippen molar-refractivity contribution in [1.29, 1.82) is 0 Å². The summed E-state index contributed by atoms with van der Waals surface area (Å²) in [6, 6.07) is 0.633. The minimum Gasteiger partial charge on any atom is -0.465 e. The SMILES string of the molecule is CCCCCCCCCN(CCCCCC(=O)NC)C(CCCCCCCCC(=O)OCC(CCCC)CCCCCC)CCCCCCCCC(=O)OCC(CCCCC)CCCCCC. The van der Waals surface area contributed by atoms with Crippen LogP contribution in [0.4, 0.5) is 0 Å². The van der Waals surface area contributed by atoms with Gasteiger partial charge >= 0.3 is 11.9 Å². The molecule has 0 saturated carbocycles. The maximum Gasteiger partial charge on any atom is 0.305 e. The largest absolute Gasteiger partial charge is 0.465 e. The number of hydrogen-bond donors (Lipinski definition) is 1. The van der Waals surface area contributed by atoms with Crippen LogP contribution in [0.15, 0.2) is 0 Å². The van der Waals surface area contributed by atoms with E-state index >= 15 is 0 Å². The van der Waals surface area contributed by atoms with Gasteiger partial charge in [-0.2, -0.15) is 0 Å². The molecular weight excluding hydrogens is 829 g/mol. The van der Waals surface area contributed by atoms with E-state index in [1.165, 1.54) is 231 Å². The topological polar surface area (TPSA) is 84.9 Å². The van der Waals surface area contributed by atoms with Crippen molar-refractivity contribution in [2.24, 2.45) is 11.8 Å². The van der Waals surface area contributed by atoms with E-state index in [2.05, 4.69) is 44.8 Å². The second kappa shape index (κ2) is 52.2. The van der Waals surface area contributed by atoms with Crippen molar-refractivity contribution in [3.63, 3.8) is 0 Å². The molecule has 0 bridgehead atoms. The first-order chi connectivity index (χ1) is 32.8. The van der Waals surface area contributed by atoms with Crippen molar-refractivity contribution in [2.75, 3.05) is 33.4 Å². The molecule has 3 atom stereocenters. The molecule has 0 aromatic rings. The highest BCUT2D eigenvalue weighted by Crippen LogP contribution is 2.23. The molecule has 1 N–H and O–H groups in total. The summed E-state index contributed by atoms with van der Waals surface area (Å²) in [4.78, 5) is 40.1. The van der Waals surface area contributed by atoms with Crippen molar-refractivity contribution in [3.8, 4) is 0 Å². The summed E-state index contributed by atoms with van der Waals surface area (Å²) < 4.78 is 11.6. The Balaban J connectivity index is 5.02. The Hall–Kier alpha value is -1.63. The van der Waals surface area contributed by atoms with Gasteiger partial charge in [-0.15, -0.1) is 0 Å². The summed E-state index contributed by atoms with van der Waals surface area (Å²) in [6.45, 7) is 14.9. The van der Waals surface area contributed by atoms with Crippen LogP contribution in [0.2, 0.25) is 0 Å². The average Bonchev–Trinajstić information content (AvgIpc) is 3.33. The van der Waals surface area contributed by atoms with Crippen LogP contribution in [0, 0.1) is 11.8 Å². The van der Waals surface area contributed by atoms with E-state index in [0.717, 1.165) is 45.1 Å². The lowest BCUT2D eigenvalue weighted by Gasteiger charge is -2.32. The third-order valence-corrected chi connectivity index (χ3v) is 14.6. The van der Waals surface area contributed by atoms with Gasteiger partial charge in [0.15, 0.2) is 0 Å². The number of ether oxygens (including phenoxy) is 2. The summed E-state index contributed by atoms with van der Waals surface area (Å²) in [7, 11) is 1.74. The molecule has 0 saturated heterocycles. The van der Waals surface area contributed by atoms with Gasteiger partial charge in [-0.1, -0.05) is 227 Å². The van der Waals surface area contributed by atoms with Gasteiger partial charge in [0.05, 0.1) is 13.2 Å². The summed E-state index contributed by atoms with van der Waals surface area (Å²) in [6.07, 6.45) is 52.4. The summed E-state index contributed by atoms with van der Waals surface area (Å²) in [5.41, 5.74) is 0. The number of nitrogens with zero attached hydrogens (tertiary/aromatic N) is 1. The molecule has 0 aromatic carbocycles. The third-order valence-electron chi connectivity index (χ3n) is 14.6. The smallest absolute Gasteiger partial charge is 0.305 e. The van der Waals surface area contributed by atoms with Crippen LogP contribution in [0.3, 0.4) is 0 Å². The van der Waals surface area contributed by atoms with Crippen molar-refractivity contribution in [1.82, 2.24) is 10.2 Å². The summed E-state index contributed by atoms with van der Waals surface area (Å²) in [5, 5.41) is 2.79. The lowest BCUT2D eigenvalue weighted by atomic mass is 9.95. The molecule has 67 heavy (non-hydrogen) atoms. The number of rotatable bonds is 54. The zero-order valence-electron chi connectivity index (χ0n) is 46.2. The molecule has 0 spiro atoms. The minimum absolute atomic E-state index is 0.0115. The number of carbonyl (C=O) groups excluding carboxylic acids is 3. The van der Waals surface area contributed by atoms with Crippen LogP contribution < -0.4 is 5.32 Å². The minimum atomic E-state index is 0.0115. The van der Waals surface area contributed by atoms with Crippen molar-refractivity contribution in [2.45, 2.75) is 323 Å². The molecule has 7 nitrogen and oxygen atoms in total. The van der Waals surface area contributed by atoms with E-state index in [0.29, 0.717) is 50.4 Å². The molecule has 398 valence electrons. The van der Waals surface area contributed by atoms with E-state index in [9.17, 15) is 14.4 Å². The van der Waals surface area contributed by atoms with Crippen molar-refractivity contribution < 1.29 is 23.9 Å². The van der Waals surface area contributed by atoms with Crippen LogP contribution in [0.25, 0.3) is 0 Å². The fraction of sp³-hybridized carbons (Fsp3) is 0.950. The Morgan fingerprint density at radius 3 is 1.09 bits per heavy atom. The van der Waals surface area contributed by atoms with Gasteiger partial charge in [0.25, 0.3) is 0 Å². The lowest BCUT2D eigenvalue weighted by molar-refractivity contribution is -0.146. The van der Waals surface area contributed by atoms with Gasteiger partial charge in [-0.05, 0) is 95.6 Å². The Labute approximate surface area is 418 Å². The van der Waals surface area contributed by atoms with Crippen LogP contribution in [-0.4, -0.2) is 62.1 Å². The number of hydrogen-bond acceptors (Lipinski definition) is 6. The quantitative estimate of drug-likeness (QED) is 0.0483. The molecule has 0 heterocycles. The predicted octanol–water partition coefficient (Wildman–Crippen LogP) is 18.0. The first kappa shape index (κ1) is 65.4. The highest BCUT2D eigenvalue weighted by molar-refractivity contribution is 5.75. The van der Waals surface area contributed by atoms with Crippen LogP contribution in [-0.2, 0) is 23.9 Å². The van der Waals surface area contributed by atoms with E-state index in [-0.39, 0.29) is 17.8 Å². The van der Waals surface area contributed by atoms with E-state index in [1.54, 1.807) is 7.05 Å². The molecule has 1 amide bonds. The second-order valence-corrected chi connectivity index (χ2v) is 21.0. The Morgan fingerprint density at radius 1 is 0.358 bits per heavy atom. The number of carbonyl (C=O) groups is 3. The number of unbranched alkanes of at least 4 members (excludes halogenated alkanes) is 27. The summed E-state index contributed by atoms with van der Waals surface area (Å²) >= 11 is 0. The highest BCUT2D eigenvalue weighted by atomic mass is 16.5. The standard InChI is InChI=1S/C60H118N2O5/c1-7-12-17-20-25-30-40-51-62(52-41-31-37-48-58(63)61-6)57(46-35-26-21-23-28-38-49-59(64)66-53-55(42-16-11-5)44-33-18-13-8-2)47-36-27-22-24-29-39-50-60(65)67-54-56(43-32-15-10-4)45-34-19-14-9-3/h55-57H,7-54H2,1-6H3,(H,61,63).